The van der Waals surface area contributed by atoms with E-state index in [9.17, 15) is 0 Å². The second kappa shape index (κ2) is 11.2. The summed E-state index contributed by atoms with van der Waals surface area (Å²) in [7, 11) is 0. The maximum atomic E-state index is 6.72. The van der Waals surface area contributed by atoms with Crippen molar-refractivity contribution in [2.75, 3.05) is 0 Å². The van der Waals surface area contributed by atoms with E-state index < -0.39 is 0 Å². The molecule has 1 unspecified atom stereocenters. The van der Waals surface area contributed by atoms with E-state index in [0.29, 0.717) is 0 Å². The van der Waals surface area contributed by atoms with Crippen molar-refractivity contribution in [3.63, 3.8) is 0 Å². The molecule has 0 amide bonds. The van der Waals surface area contributed by atoms with Crippen molar-refractivity contribution in [1.29, 1.82) is 0 Å². The molecule has 4 nitrogen and oxygen atoms in total. The number of para-hydroxylation sites is 1. The van der Waals surface area contributed by atoms with E-state index in [2.05, 4.69) is 175 Å². The van der Waals surface area contributed by atoms with Gasteiger partial charge in [-0.15, -0.1) is 0 Å². The minimum absolute atomic E-state index is 0.0638. The van der Waals surface area contributed by atoms with Crippen molar-refractivity contribution in [2.45, 2.75) is 25.4 Å². The Morgan fingerprint density at radius 2 is 1.36 bits per heavy atom. The van der Waals surface area contributed by atoms with Crippen molar-refractivity contribution >= 4 is 55.2 Å². The van der Waals surface area contributed by atoms with Crippen LogP contribution in [0.1, 0.15) is 47.8 Å². The van der Waals surface area contributed by atoms with Gasteiger partial charge in [0.15, 0.2) is 0 Å². The number of hydrogen-bond acceptors (Lipinski definition) is 3. The predicted octanol–water partition coefficient (Wildman–Crippen LogP) is 12.1. The highest BCUT2D eigenvalue weighted by Crippen LogP contribution is 2.53. The molecule has 0 saturated heterocycles. The second-order valence-corrected chi connectivity index (χ2v) is 14.8. The number of allylic oxidation sites excluding steroid dienone is 1. The van der Waals surface area contributed by atoms with Gasteiger partial charge in [0.1, 0.15) is 17.3 Å². The zero-order chi connectivity index (χ0) is 35.3. The summed E-state index contributed by atoms with van der Waals surface area (Å²) in [6.45, 7) is 4.70. The number of nitrogens with one attached hydrogen (secondary N) is 1. The molecule has 0 fully saturated rings. The van der Waals surface area contributed by atoms with Crippen molar-refractivity contribution in [3.8, 4) is 16.8 Å². The summed E-state index contributed by atoms with van der Waals surface area (Å²) < 4.78 is 9.13. The van der Waals surface area contributed by atoms with Crippen LogP contribution in [-0.4, -0.2) is 10.3 Å². The Morgan fingerprint density at radius 3 is 2.23 bits per heavy atom. The first-order valence-electron chi connectivity index (χ1n) is 18.3. The summed E-state index contributed by atoms with van der Waals surface area (Å²) in [5.41, 5.74) is 15.8. The molecule has 7 aromatic carbocycles. The summed E-state index contributed by atoms with van der Waals surface area (Å²) >= 11 is 0. The van der Waals surface area contributed by atoms with Crippen LogP contribution in [0.15, 0.2) is 173 Å². The molecule has 1 N–H and O–H groups in total. The third-order valence-electron chi connectivity index (χ3n) is 11.4. The number of aliphatic imine (C=N–C) groups is 1. The second-order valence-electron chi connectivity index (χ2n) is 14.8. The van der Waals surface area contributed by atoms with Gasteiger partial charge in [-0.05, 0) is 69.8 Å². The van der Waals surface area contributed by atoms with Crippen LogP contribution < -0.4 is 5.32 Å². The van der Waals surface area contributed by atoms with Gasteiger partial charge in [0.05, 0.1) is 16.7 Å². The average Bonchev–Trinajstić information content (AvgIpc) is 3.83. The highest BCUT2D eigenvalue weighted by atomic mass is 16.3. The maximum absolute atomic E-state index is 6.72. The molecule has 1 atom stereocenters. The molecule has 11 rings (SSSR count). The Labute approximate surface area is 307 Å². The first kappa shape index (κ1) is 30.0. The Morgan fingerprint density at radius 1 is 0.604 bits per heavy atom. The zero-order valence-electron chi connectivity index (χ0n) is 29.5. The lowest BCUT2D eigenvalue weighted by Gasteiger charge is -2.25. The Bertz CT molecular complexity index is 3000. The molecule has 9 aromatic rings. The first-order chi connectivity index (χ1) is 26.0. The molecular formula is C49H35N3O. The molecule has 0 spiro atoms. The molecule has 0 bridgehead atoms. The first-order valence-corrected chi connectivity index (χ1v) is 18.3. The van der Waals surface area contributed by atoms with Gasteiger partial charge in [0.2, 0.25) is 0 Å². The molecule has 0 saturated carbocycles. The molecule has 53 heavy (non-hydrogen) atoms. The molecule has 0 radical (unpaired) electrons. The third-order valence-corrected chi connectivity index (χ3v) is 11.4. The molecule has 2 aromatic heterocycles. The van der Waals surface area contributed by atoms with Crippen LogP contribution >= 0.6 is 0 Å². The topological polar surface area (TPSA) is 42.5 Å². The number of furan rings is 1. The summed E-state index contributed by atoms with van der Waals surface area (Å²) in [5, 5.41) is 8.51. The third kappa shape index (κ3) is 4.39. The lowest BCUT2D eigenvalue weighted by atomic mass is 9.82. The normalized spacial score (nSPS) is 16.1. The molecular weight excluding hydrogens is 647 g/mol. The van der Waals surface area contributed by atoms with Crippen LogP contribution in [0, 0.1) is 0 Å². The number of hydrogen-bond donors (Lipinski definition) is 1. The smallest absolute Gasteiger partial charge is 0.145 e. The summed E-state index contributed by atoms with van der Waals surface area (Å²) in [6.07, 6.45) is 1.95. The fourth-order valence-corrected chi connectivity index (χ4v) is 8.96. The number of aromatic nitrogens is 1. The average molecular weight is 682 g/mol. The number of rotatable bonds is 4. The number of nitrogens with zero attached hydrogens (tertiary/aromatic N) is 2. The highest BCUT2D eigenvalue weighted by Gasteiger charge is 2.37. The minimum Gasteiger partial charge on any atom is -0.456 e. The molecule has 1 aliphatic heterocycles. The fourth-order valence-electron chi connectivity index (χ4n) is 8.96. The lowest BCUT2D eigenvalue weighted by Crippen LogP contribution is -2.24. The van der Waals surface area contributed by atoms with Gasteiger partial charge in [-0.25, -0.2) is 0 Å². The SMILES string of the molecule is CC1(C)c2ccccc2-c2c1ccc1c2c2ccccc2n1-c1ccc2c(c1)oc1cccc(C3=CC(c4ccccc4)=NC(c4ccccc4)N3)c12. The number of fused-ring (bicyclic) bond motifs is 10. The number of benzene rings is 7. The quantitative estimate of drug-likeness (QED) is 0.201. The Hall–Kier alpha value is -6.65. The molecule has 4 heteroatoms. The standard InChI is InChI=1S/C49H35N3O/c1-49(2)37-21-11-9-18-33(37)46-38(49)26-27-42-47(46)35-19-10-12-22-41(35)52(42)32-24-25-36-44(28-32)53-43-23-13-20-34(45(36)43)40-29-39(30-14-5-3-6-15-30)50-48(51-40)31-16-7-4-8-17-31/h3-29,48,51H,1-2H3. The molecule has 1 aliphatic carbocycles. The van der Waals surface area contributed by atoms with Gasteiger partial charge in [0, 0.05) is 50.0 Å². The van der Waals surface area contributed by atoms with E-state index in [4.69, 9.17) is 9.41 Å². The monoisotopic (exact) mass is 681 g/mol. The van der Waals surface area contributed by atoms with Gasteiger partial charge in [-0.2, -0.15) is 0 Å². The van der Waals surface area contributed by atoms with E-state index in [-0.39, 0.29) is 11.6 Å². The van der Waals surface area contributed by atoms with Crippen molar-refractivity contribution < 1.29 is 4.42 Å². The van der Waals surface area contributed by atoms with Crippen LogP contribution in [0.25, 0.3) is 66.3 Å². The van der Waals surface area contributed by atoms with Crippen LogP contribution in [0.4, 0.5) is 0 Å². The van der Waals surface area contributed by atoms with Crippen molar-refractivity contribution in [3.05, 3.63) is 192 Å². The van der Waals surface area contributed by atoms with E-state index in [1.54, 1.807) is 0 Å². The molecule has 2 aliphatic rings. The van der Waals surface area contributed by atoms with Crippen LogP contribution in [0.2, 0.25) is 0 Å². The van der Waals surface area contributed by atoms with E-state index in [1.165, 1.54) is 44.1 Å². The summed E-state index contributed by atoms with van der Waals surface area (Å²) in [6, 6.07) is 56.3. The Kier molecular flexibility index (Phi) is 6.33. The lowest BCUT2D eigenvalue weighted by molar-refractivity contribution is 0.661. The van der Waals surface area contributed by atoms with E-state index >= 15 is 0 Å². The maximum Gasteiger partial charge on any atom is 0.145 e. The van der Waals surface area contributed by atoms with Crippen LogP contribution in [-0.2, 0) is 5.41 Å². The Balaban J connectivity index is 1.09. The van der Waals surface area contributed by atoms with Crippen molar-refractivity contribution in [2.24, 2.45) is 4.99 Å². The summed E-state index contributed by atoms with van der Waals surface area (Å²) in [5.74, 6) is 0. The van der Waals surface area contributed by atoms with Gasteiger partial charge < -0.3 is 14.3 Å². The van der Waals surface area contributed by atoms with E-state index in [0.717, 1.165) is 55.7 Å². The van der Waals surface area contributed by atoms with Crippen molar-refractivity contribution in [1.82, 2.24) is 9.88 Å². The van der Waals surface area contributed by atoms with Crippen LogP contribution in [0.3, 0.4) is 0 Å². The van der Waals surface area contributed by atoms with Gasteiger partial charge in [-0.1, -0.05) is 135 Å². The minimum atomic E-state index is -0.222. The molecule has 3 heterocycles. The molecule has 252 valence electrons. The van der Waals surface area contributed by atoms with Gasteiger partial charge in [-0.3, -0.25) is 4.99 Å². The zero-order valence-corrected chi connectivity index (χ0v) is 29.5. The van der Waals surface area contributed by atoms with E-state index in [1.807, 2.05) is 12.1 Å². The van der Waals surface area contributed by atoms with Crippen LogP contribution in [0.5, 0.6) is 0 Å². The van der Waals surface area contributed by atoms with Gasteiger partial charge >= 0.3 is 0 Å². The predicted molar refractivity (Wildman–Crippen MR) is 219 cm³/mol. The van der Waals surface area contributed by atoms with Gasteiger partial charge in [0.25, 0.3) is 0 Å². The fraction of sp³-hybridized carbons (Fsp3) is 0.0816. The summed E-state index contributed by atoms with van der Waals surface area (Å²) in [4.78, 5) is 5.16. The highest BCUT2D eigenvalue weighted by molar-refractivity contribution is 6.19. The largest absolute Gasteiger partial charge is 0.456 e.